The van der Waals surface area contributed by atoms with Crippen LogP contribution in [0.15, 0.2) is 38.0 Å². The van der Waals surface area contributed by atoms with E-state index < -0.39 is 57.1 Å². The predicted molar refractivity (Wildman–Crippen MR) is 82.6 cm³/mol. The van der Waals surface area contributed by atoms with E-state index in [0.29, 0.717) is 0 Å². The van der Waals surface area contributed by atoms with Crippen molar-refractivity contribution >= 4 is 0 Å². The SMILES string of the molecule is [2H]C(C=C)O[C@H]1[C@H](OC([2H])C=C)[C@@H](OC([2H])C=C)C(OC)O[C@@H]1CO. The lowest BCUT2D eigenvalue weighted by atomic mass is 9.98. The maximum atomic E-state index is 9.62. The molecule has 1 rings (SSSR count). The number of aliphatic hydroxyl groups is 1. The summed E-state index contributed by atoms with van der Waals surface area (Å²) in [6.45, 7) is 6.73. The molecule has 0 aliphatic carbocycles. The molecule has 126 valence electrons. The lowest BCUT2D eigenvalue weighted by molar-refractivity contribution is -0.312. The smallest absolute Gasteiger partial charge is 0.186 e. The molecule has 22 heavy (non-hydrogen) atoms. The van der Waals surface area contributed by atoms with Gasteiger partial charge in [0.1, 0.15) is 24.4 Å². The maximum Gasteiger partial charge on any atom is 0.186 e. The summed E-state index contributed by atoms with van der Waals surface area (Å²) in [6.07, 6.45) is -0.942. The van der Waals surface area contributed by atoms with Crippen molar-refractivity contribution in [3.63, 3.8) is 0 Å². The molecule has 6 heteroatoms. The van der Waals surface area contributed by atoms with Crippen LogP contribution < -0.4 is 0 Å². The second kappa shape index (κ2) is 10.7. The minimum absolute atomic E-state index is 0.427. The minimum atomic E-state index is -1.11. The highest BCUT2D eigenvalue weighted by atomic mass is 16.7. The minimum Gasteiger partial charge on any atom is -0.394 e. The number of hydrogen-bond acceptors (Lipinski definition) is 6. The molecule has 0 spiro atoms. The van der Waals surface area contributed by atoms with Gasteiger partial charge in [-0.2, -0.15) is 0 Å². The van der Waals surface area contributed by atoms with Gasteiger partial charge in [0.25, 0.3) is 0 Å². The fourth-order valence-corrected chi connectivity index (χ4v) is 2.12. The number of ether oxygens (including phenoxy) is 5. The standard InChI is InChI=1S/C16H26O6/c1-5-8-19-13-12(11-17)22-16(18-4)15(21-10-7-3)14(13)20-9-6-2/h5-7,12-17H,1-3,8-11H2,4H3/t12-,13-,14+,15-,16?/m1/s1/i8D,9D,10D/t8?,9?,10?,12-,13-,14+,15-,16?. The van der Waals surface area contributed by atoms with Crippen molar-refractivity contribution in [3.05, 3.63) is 38.0 Å². The van der Waals surface area contributed by atoms with E-state index in [-0.39, 0.29) is 0 Å². The first-order valence-electron chi connectivity index (χ1n) is 8.54. The fraction of sp³-hybridized carbons (Fsp3) is 0.625. The summed E-state index contributed by atoms with van der Waals surface area (Å²) in [5.41, 5.74) is 0. The summed E-state index contributed by atoms with van der Waals surface area (Å²) < 4.78 is 50.9. The van der Waals surface area contributed by atoms with Crippen molar-refractivity contribution < 1.29 is 32.9 Å². The molecule has 1 aliphatic heterocycles. The monoisotopic (exact) mass is 317 g/mol. The zero-order valence-corrected chi connectivity index (χ0v) is 12.7. The van der Waals surface area contributed by atoms with Crippen LogP contribution in [0.25, 0.3) is 0 Å². The van der Waals surface area contributed by atoms with Gasteiger partial charge < -0.3 is 28.8 Å². The van der Waals surface area contributed by atoms with E-state index in [4.69, 9.17) is 27.8 Å². The highest BCUT2D eigenvalue weighted by Crippen LogP contribution is 2.28. The molecule has 0 saturated carbocycles. The summed E-state index contributed by atoms with van der Waals surface area (Å²) in [5.74, 6) is 0. The lowest BCUT2D eigenvalue weighted by Crippen LogP contribution is -2.61. The average Bonchev–Trinajstić information content (AvgIpc) is 2.63. The Kier molecular flexibility index (Phi) is 7.06. The molecule has 0 aromatic rings. The quantitative estimate of drug-likeness (QED) is 0.575. The Morgan fingerprint density at radius 3 is 1.95 bits per heavy atom. The van der Waals surface area contributed by atoms with E-state index in [1.54, 1.807) is 0 Å². The molecule has 0 aromatic carbocycles. The molecule has 0 amide bonds. The molecule has 0 radical (unpaired) electrons. The average molecular weight is 317 g/mol. The molecule has 6 nitrogen and oxygen atoms in total. The number of aliphatic hydroxyl groups excluding tert-OH is 1. The van der Waals surface area contributed by atoms with Crippen LogP contribution in [0.3, 0.4) is 0 Å². The van der Waals surface area contributed by atoms with Gasteiger partial charge in [-0.15, -0.1) is 19.7 Å². The molecular formula is C16H26O6. The highest BCUT2D eigenvalue weighted by Gasteiger charge is 2.48. The zero-order chi connectivity index (χ0) is 19.0. The normalized spacial score (nSPS) is 37.9. The second-order valence-electron chi connectivity index (χ2n) is 4.38. The van der Waals surface area contributed by atoms with Crippen molar-refractivity contribution in [2.45, 2.75) is 30.7 Å². The van der Waals surface area contributed by atoms with E-state index in [9.17, 15) is 5.11 Å². The predicted octanol–water partition coefficient (Wildman–Crippen LogP) is 1.06. The Morgan fingerprint density at radius 1 is 1.00 bits per heavy atom. The van der Waals surface area contributed by atoms with Crippen molar-refractivity contribution in [1.29, 1.82) is 0 Å². The van der Waals surface area contributed by atoms with Crippen LogP contribution in [0.1, 0.15) is 4.11 Å². The van der Waals surface area contributed by atoms with Crippen LogP contribution in [0.2, 0.25) is 0 Å². The molecule has 1 fully saturated rings. The van der Waals surface area contributed by atoms with Gasteiger partial charge in [0.15, 0.2) is 6.29 Å². The van der Waals surface area contributed by atoms with E-state index in [2.05, 4.69) is 19.7 Å². The van der Waals surface area contributed by atoms with Crippen LogP contribution in [0.5, 0.6) is 0 Å². The van der Waals surface area contributed by atoms with Crippen LogP contribution >= 0.6 is 0 Å². The third kappa shape index (κ3) is 5.01. The number of rotatable bonds is 11. The molecule has 1 aliphatic rings. The Hall–Kier alpha value is -1.02. The third-order valence-electron chi connectivity index (χ3n) is 3.00. The first-order valence-corrected chi connectivity index (χ1v) is 6.81. The molecular weight excluding hydrogens is 288 g/mol. The Labute approximate surface area is 136 Å². The van der Waals surface area contributed by atoms with Crippen LogP contribution in [0, 0.1) is 0 Å². The molecule has 0 bridgehead atoms. The molecule has 4 unspecified atom stereocenters. The Morgan fingerprint density at radius 2 is 1.50 bits per heavy atom. The van der Waals surface area contributed by atoms with Gasteiger partial charge in [-0.1, -0.05) is 18.2 Å². The Bertz CT molecular complexity index is 408. The molecule has 0 aromatic heterocycles. The number of methoxy groups -OCH3 is 1. The summed E-state index contributed by atoms with van der Waals surface area (Å²) in [7, 11) is 1.38. The van der Waals surface area contributed by atoms with Gasteiger partial charge in [0.2, 0.25) is 0 Å². The van der Waals surface area contributed by atoms with Gasteiger partial charge in [-0.05, 0) is 0 Å². The van der Waals surface area contributed by atoms with E-state index in [1.165, 1.54) is 25.3 Å². The van der Waals surface area contributed by atoms with E-state index >= 15 is 0 Å². The van der Waals surface area contributed by atoms with E-state index in [1.807, 2.05) is 0 Å². The zero-order valence-electron chi connectivity index (χ0n) is 15.7. The van der Waals surface area contributed by atoms with Crippen LogP contribution in [0.4, 0.5) is 0 Å². The largest absolute Gasteiger partial charge is 0.394 e. The van der Waals surface area contributed by atoms with Crippen molar-refractivity contribution in [2.24, 2.45) is 0 Å². The topological polar surface area (TPSA) is 66.4 Å². The molecule has 8 atom stereocenters. The summed E-state index contributed by atoms with van der Waals surface area (Å²) >= 11 is 0. The van der Waals surface area contributed by atoms with Gasteiger partial charge in [0.05, 0.1) is 30.5 Å². The second-order valence-corrected chi connectivity index (χ2v) is 4.38. The fourth-order valence-electron chi connectivity index (χ4n) is 2.12. The highest BCUT2D eigenvalue weighted by molar-refractivity contribution is 4.94. The van der Waals surface area contributed by atoms with Crippen molar-refractivity contribution in [2.75, 3.05) is 33.5 Å². The summed E-state index contributed by atoms with van der Waals surface area (Å²) in [6, 6.07) is 0. The van der Waals surface area contributed by atoms with Crippen molar-refractivity contribution in [1.82, 2.24) is 0 Å². The lowest BCUT2D eigenvalue weighted by Gasteiger charge is -2.44. The van der Waals surface area contributed by atoms with Crippen LogP contribution in [-0.4, -0.2) is 69.3 Å². The molecule has 1 saturated heterocycles. The van der Waals surface area contributed by atoms with Gasteiger partial charge in [0, 0.05) is 7.11 Å². The van der Waals surface area contributed by atoms with E-state index in [0.717, 1.165) is 0 Å². The third-order valence-corrected chi connectivity index (χ3v) is 3.00. The van der Waals surface area contributed by atoms with Gasteiger partial charge in [-0.25, -0.2) is 0 Å². The maximum absolute atomic E-state index is 9.62. The van der Waals surface area contributed by atoms with Gasteiger partial charge in [-0.3, -0.25) is 0 Å². The molecule has 1 heterocycles. The van der Waals surface area contributed by atoms with Gasteiger partial charge >= 0.3 is 0 Å². The van der Waals surface area contributed by atoms with Crippen LogP contribution in [-0.2, 0) is 23.7 Å². The Balaban J connectivity index is 3.18. The first kappa shape index (κ1) is 14.6. The summed E-state index contributed by atoms with van der Waals surface area (Å²) in [4.78, 5) is 0. The molecule has 1 N–H and O–H groups in total. The first-order chi connectivity index (χ1) is 11.9. The summed E-state index contributed by atoms with van der Waals surface area (Å²) in [5, 5.41) is 9.62. The number of hydrogen-bond donors (Lipinski definition) is 1. The van der Waals surface area contributed by atoms with Crippen molar-refractivity contribution in [3.8, 4) is 0 Å².